The van der Waals surface area contributed by atoms with Crippen molar-refractivity contribution in [3.8, 4) is 0 Å². The molecular weight excluding hydrogens is 228 g/mol. The summed E-state index contributed by atoms with van der Waals surface area (Å²) in [5.74, 6) is 0.804. The third kappa shape index (κ3) is 5.65. The normalized spacial score (nSPS) is 25.5. The molecule has 1 aliphatic heterocycles. The van der Waals surface area contributed by atoms with E-state index in [1.807, 2.05) is 0 Å². The zero-order valence-corrected chi connectivity index (χ0v) is 12.3. The highest BCUT2D eigenvalue weighted by Crippen LogP contribution is 2.19. The lowest BCUT2D eigenvalue weighted by molar-refractivity contribution is 0.0605. The Balaban J connectivity index is 2.08. The lowest BCUT2D eigenvalue weighted by Gasteiger charge is -2.38. The highest BCUT2D eigenvalue weighted by atomic mass is 16.5. The number of rotatable bonds is 9. The van der Waals surface area contributed by atoms with Crippen LogP contribution in [0.5, 0.6) is 0 Å². The van der Waals surface area contributed by atoms with Crippen molar-refractivity contribution in [1.82, 2.24) is 10.2 Å². The lowest BCUT2D eigenvalue weighted by atomic mass is 9.90. The first-order chi connectivity index (χ1) is 8.81. The second-order valence-corrected chi connectivity index (χ2v) is 5.11. The molecule has 0 radical (unpaired) electrons. The molecule has 0 aromatic carbocycles. The van der Waals surface area contributed by atoms with Crippen molar-refractivity contribution in [1.29, 1.82) is 0 Å². The van der Waals surface area contributed by atoms with Crippen molar-refractivity contribution in [3.63, 3.8) is 0 Å². The minimum atomic E-state index is 0.700. The first kappa shape index (κ1) is 15.9. The van der Waals surface area contributed by atoms with Gasteiger partial charge in [0.15, 0.2) is 0 Å². The molecule has 0 aromatic heterocycles. The molecule has 2 unspecified atom stereocenters. The van der Waals surface area contributed by atoms with Crippen molar-refractivity contribution in [3.05, 3.63) is 0 Å². The van der Waals surface area contributed by atoms with Crippen LogP contribution >= 0.6 is 0 Å². The van der Waals surface area contributed by atoms with Crippen LogP contribution in [0.1, 0.15) is 26.2 Å². The number of nitrogens with zero attached hydrogens (tertiary/aromatic N) is 1. The van der Waals surface area contributed by atoms with Crippen LogP contribution in [0.3, 0.4) is 0 Å². The van der Waals surface area contributed by atoms with Gasteiger partial charge in [-0.2, -0.15) is 0 Å². The van der Waals surface area contributed by atoms with Gasteiger partial charge in [-0.3, -0.25) is 0 Å². The summed E-state index contributed by atoms with van der Waals surface area (Å²) in [4.78, 5) is 2.59. The third-order valence-corrected chi connectivity index (χ3v) is 3.91. The molecule has 0 aliphatic carbocycles. The predicted octanol–water partition coefficient (Wildman–Crippen LogP) is 1.36. The molecule has 1 aliphatic rings. The molecule has 1 saturated heterocycles. The fourth-order valence-corrected chi connectivity index (χ4v) is 2.74. The summed E-state index contributed by atoms with van der Waals surface area (Å²) in [7, 11) is 3.80. The van der Waals surface area contributed by atoms with Crippen molar-refractivity contribution >= 4 is 0 Å². The van der Waals surface area contributed by atoms with E-state index in [1.54, 1.807) is 7.11 Å². The number of ether oxygens (including phenoxy) is 2. The molecule has 108 valence electrons. The molecule has 1 N–H and O–H groups in total. The number of piperidine rings is 1. The molecule has 2 atom stereocenters. The Kier molecular flexibility index (Phi) is 8.59. The van der Waals surface area contributed by atoms with Gasteiger partial charge in [-0.25, -0.2) is 0 Å². The van der Waals surface area contributed by atoms with Crippen molar-refractivity contribution in [2.24, 2.45) is 5.92 Å². The smallest absolute Gasteiger partial charge is 0.0700 e. The first-order valence-corrected chi connectivity index (χ1v) is 7.28. The Bertz CT molecular complexity index is 202. The third-order valence-electron chi connectivity index (χ3n) is 3.91. The predicted molar refractivity (Wildman–Crippen MR) is 75.0 cm³/mol. The van der Waals surface area contributed by atoms with Crippen LogP contribution in [0.4, 0.5) is 0 Å². The molecule has 4 heteroatoms. The molecule has 1 heterocycles. The maximum absolute atomic E-state index is 5.50. The van der Waals surface area contributed by atoms with E-state index in [-0.39, 0.29) is 0 Å². The van der Waals surface area contributed by atoms with Gasteiger partial charge in [0.25, 0.3) is 0 Å². The van der Waals surface area contributed by atoms with E-state index < -0.39 is 0 Å². The molecule has 0 saturated carbocycles. The standard InChI is InChI=1S/C14H30N2O2/c1-4-13-12-16(8-6-14(13)15-2)7-5-9-18-11-10-17-3/h13-15H,4-12H2,1-3H3. The van der Waals surface area contributed by atoms with Crippen LogP contribution in [0.2, 0.25) is 0 Å². The van der Waals surface area contributed by atoms with Gasteiger partial charge in [-0.1, -0.05) is 13.3 Å². The average molecular weight is 258 g/mol. The first-order valence-electron chi connectivity index (χ1n) is 7.28. The summed E-state index contributed by atoms with van der Waals surface area (Å²) in [6.45, 7) is 8.19. The van der Waals surface area contributed by atoms with Gasteiger partial charge in [0.05, 0.1) is 13.2 Å². The van der Waals surface area contributed by atoms with Gasteiger partial charge in [0, 0.05) is 32.8 Å². The zero-order chi connectivity index (χ0) is 13.2. The second kappa shape index (κ2) is 9.73. The summed E-state index contributed by atoms with van der Waals surface area (Å²) in [6.07, 6.45) is 3.68. The van der Waals surface area contributed by atoms with Gasteiger partial charge < -0.3 is 19.7 Å². The Morgan fingerprint density at radius 2 is 2.11 bits per heavy atom. The van der Waals surface area contributed by atoms with E-state index in [9.17, 15) is 0 Å². The second-order valence-electron chi connectivity index (χ2n) is 5.11. The van der Waals surface area contributed by atoms with E-state index in [2.05, 4.69) is 24.2 Å². The topological polar surface area (TPSA) is 33.7 Å². The Hall–Kier alpha value is -0.160. The van der Waals surface area contributed by atoms with Gasteiger partial charge in [0.1, 0.15) is 0 Å². The van der Waals surface area contributed by atoms with Crippen molar-refractivity contribution < 1.29 is 9.47 Å². The molecule has 18 heavy (non-hydrogen) atoms. The van der Waals surface area contributed by atoms with Crippen molar-refractivity contribution in [2.45, 2.75) is 32.2 Å². The fourth-order valence-electron chi connectivity index (χ4n) is 2.74. The molecule has 0 bridgehead atoms. The maximum atomic E-state index is 5.50. The average Bonchev–Trinajstić information content (AvgIpc) is 2.42. The van der Waals surface area contributed by atoms with Gasteiger partial charge >= 0.3 is 0 Å². The van der Waals surface area contributed by atoms with Gasteiger partial charge in [0.2, 0.25) is 0 Å². The van der Waals surface area contributed by atoms with Gasteiger partial charge in [-0.05, 0) is 32.4 Å². The number of hydrogen-bond donors (Lipinski definition) is 1. The van der Waals surface area contributed by atoms with Crippen molar-refractivity contribution in [2.75, 3.05) is 53.6 Å². The van der Waals surface area contributed by atoms with E-state index in [0.29, 0.717) is 12.6 Å². The summed E-state index contributed by atoms with van der Waals surface area (Å²) in [6, 6.07) is 0.712. The van der Waals surface area contributed by atoms with Crippen LogP contribution in [0, 0.1) is 5.92 Å². The number of likely N-dealkylation sites (tertiary alicyclic amines) is 1. The molecule has 4 nitrogen and oxygen atoms in total. The quantitative estimate of drug-likeness (QED) is 0.633. The molecule has 0 spiro atoms. The SMILES string of the molecule is CCC1CN(CCCOCCOC)CCC1NC. The number of hydrogen-bond acceptors (Lipinski definition) is 4. The fraction of sp³-hybridized carbons (Fsp3) is 1.00. The van der Waals surface area contributed by atoms with Crippen LogP contribution in [0.15, 0.2) is 0 Å². The zero-order valence-electron chi connectivity index (χ0n) is 12.3. The number of methoxy groups -OCH3 is 1. The maximum Gasteiger partial charge on any atom is 0.0700 e. The molecule has 1 rings (SSSR count). The Morgan fingerprint density at radius 3 is 2.78 bits per heavy atom. The summed E-state index contributed by atoms with van der Waals surface area (Å²) < 4.78 is 10.4. The highest BCUT2D eigenvalue weighted by molar-refractivity contribution is 4.83. The van der Waals surface area contributed by atoms with Crippen LogP contribution in [-0.4, -0.2) is 64.6 Å². The van der Waals surface area contributed by atoms with Crippen LogP contribution in [-0.2, 0) is 9.47 Å². The monoisotopic (exact) mass is 258 g/mol. The minimum absolute atomic E-state index is 0.700. The summed E-state index contributed by atoms with van der Waals surface area (Å²) in [5.41, 5.74) is 0. The molecule has 1 fully saturated rings. The Morgan fingerprint density at radius 1 is 1.28 bits per heavy atom. The molecular formula is C14H30N2O2. The lowest BCUT2D eigenvalue weighted by Crippen LogP contribution is -2.48. The van der Waals surface area contributed by atoms with Crippen LogP contribution in [0.25, 0.3) is 0 Å². The van der Waals surface area contributed by atoms with E-state index >= 15 is 0 Å². The minimum Gasteiger partial charge on any atom is -0.382 e. The van der Waals surface area contributed by atoms with E-state index in [1.165, 1.54) is 32.5 Å². The Labute approximate surface area is 112 Å². The number of nitrogens with one attached hydrogen (secondary N) is 1. The van der Waals surface area contributed by atoms with Gasteiger partial charge in [-0.15, -0.1) is 0 Å². The van der Waals surface area contributed by atoms with E-state index in [0.717, 1.165) is 25.6 Å². The summed E-state index contributed by atoms with van der Waals surface area (Å²) >= 11 is 0. The van der Waals surface area contributed by atoms with Crippen LogP contribution < -0.4 is 5.32 Å². The molecule has 0 aromatic rings. The highest BCUT2D eigenvalue weighted by Gasteiger charge is 2.26. The summed E-state index contributed by atoms with van der Waals surface area (Å²) in [5, 5.41) is 3.45. The van der Waals surface area contributed by atoms with E-state index in [4.69, 9.17) is 9.47 Å². The largest absolute Gasteiger partial charge is 0.382 e. The molecule has 0 amide bonds.